The van der Waals surface area contributed by atoms with Crippen LogP contribution in [0.3, 0.4) is 0 Å². The molecule has 2 heterocycles. The number of hydrogen-bond acceptors (Lipinski definition) is 4. The van der Waals surface area contributed by atoms with Gasteiger partial charge in [0.1, 0.15) is 11.5 Å². The van der Waals surface area contributed by atoms with E-state index >= 15 is 0 Å². The molecule has 0 bridgehead atoms. The van der Waals surface area contributed by atoms with Gasteiger partial charge in [-0.25, -0.2) is 0 Å². The van der Waals surface area contributed by atoms with Gasteiger partial charge in [0.25, 0.3) is 0 Å². The summed E-state index contributed by atoms with van der Waals surface area (Å²) in [6.07, 6.45) is -3.32. The molecule has 134 valence electrons. The summed E-state index contributed by atoms with van der Waals surface area (Å²) in [5.41, 5.74) is 2.70. The molecule has 25 heavy (non-hydrogen) atoms. The summed E-state index contributed by atoms with van der Waals surface area (Å²) in [7, 11) is 0. The lowest BCUT2D eigenvalue weighted by Crippen LogP contribution is -2.36. The van der Waals surface area contributed by atoms with Gasteiger partial charge in [0.2, 0.25) is 5.91 Å². The standard InChI is InChI=1S/C17H17F3N2O3/c1-10-14(11(2)25-21-10)9-16(23)22-7-3-4-12-8-13(5-6-15(12)22)24-17(18,19)20/h5-6,8H,3-4,7,9H2,1-2H3. The van der Waals surface area contributed by atoms with E-state index in [1.54, 1.807) is 18.7 Å². The van der Waals surface area contributed by atoms with Crippen molar-refractivity contribution in [2.24, 2.45) is 0 Å². The number of hydrogen-bond donors (Lipinski definition) is 0. The topological polar surface area (TPSA) is 55.6 Å². The molecule has 0 aliphatic carbocycles. The van der Waals surface area contributed by atoms with E-state index in [0.717, 1.165) is 5.56 Å². The molecule has 1 aromatic heterocycles. The minimum absolute atomic E-state index is 0.139. The van der Waals surface area contributed by atoms with Gasteiger partial charge >= 0.3 is 6.36 Å². The maximum absolute atomic E-state index is 12.7. The van der Waals surface area contributed by atoms with E-state index in [4.69, 9.17) is 4.52 Å². The van der Waals surface area contributed by atoms with Crippen LogP contribution in [0, 0.1) is 13.8 Å². The van der Waals surface area contributed by atoms with Gasteiger partial charge in [0.15, 0.2) is 0 Å². The molecule has 0 atom stereocenters. The number of aryl methyl sites for hydroxylation is 3. The van der Waals surface area contributed by atoms with E-state index < -0.39 is 6.36 Å². The SMILES string of the molecule is Cc1noc(C)c1CC(=O)N1CCCc2cc(OC(F)(F)F)ccc21. The van der Waals surface area contributed by atoms with Crippen LogP contribution in [-0.2, 0) is 17.6 Å². The lowest BCUT2D eigenvalue weighted by molar-refractivity contribution is -0.274. The minimum Gasteiger partial charge on any atom is -0.406 e. The second-order valence-corrected chi connectivity index (χ2v) is 5.97. The molecule has 1 aliphatic heterocycles. The average Bonchev–Trinajstić information content (AvgIpc) is 2.84. The van der Waals surface area contributed by atoms with Crippen molar-refractivity contribution in [3.63, 3.8) is 0 Å². The van der Waals surface area contributed by atoms with E-state index in [2.05, 4.69) is 9.89 Å². The number of nitrogens with zero attached hydrogens (tertiary/aromatic N) is 2. The Hall–Kier alpha value is -2.51. The number of carbonyl (C=O) groups is 1. The molecule has 5 nitrogen and oxygen atoms in total. The number of rotatable bonds is 3. The van der Waals surface area contributed by atoms with Gasteiger partial charge in [0, 0.05) is 17.8 Å². The van der Waals surface area contributed by atoms with Gasteiger partial charge in [0.05, 0.1) is 12.1 Å². The normalized spacial score (nSPS) is 14.4. The zero-order chi connectivity index (χ0) is 18.2. The molecule has 0 fully saturated rings. The number of halogens is 3. The lowest BCUT2D eigenvalue weighted by Gasteiger charge is -2.30. The quantitative estimate of drug-likeness (QED) is 0.843. The summed E-state index contributed by atoms with van der Waals surface area (Å²) in [6, 6.07) is 4.08. The van der Waals surface area contributed by atoms with Crippen LogP contribution in [0.5, 0.6) is 5.75 Å². The lowest BCUT2D eigenvalue weighted by atomic mass is 10.00. The molecule has 0 unspecified atom stereocenters. The Morgan fingerprint density at radius 1 is 1.36 bits per heavy atom. The molecule has 8 heteroatoms. The number of benzene rings is 1. The van der Waals surface area contributed by atoms with Crippen molar-refractivity contribution >= 4 is 11.6 Å². The van der Waals surface area contributed by atoms with Crippen LogP contribution < -0.4 is 9.64 Å². The summed E-state index contributed by atoms with van der Waals surface area (Å²) in [5, 5.41) is 3.84. The van der Waals surface area contributed by atoms with Crippen molar-refractivity contribution < 1.29 is 27.2 Å². The highest BCUT2D eigenvalue weighted by Crippen LogP contribution is 2.33. The largest absolute Gasteiger partial charge is 0.573 e. The molecule has 3 rings (SSSR count). The van der Waals surface area contributed by atoms with Gasteiger partial charge in [-0.3, -0.25) is 4.79 Å². The third kappa shape index (κ3) is 3.78. The molecule has 1 aliphatic rings. The van der Waals surface area contributed by atoms with Crippen LogP contribution in [0.2, 0.25) is 0 Å². The van der Waals surface area contributed by atoms with Crippen LogP contribution in [0.15, 0.2) is 22.7 Å². The molecule has 0 spiro atoms. The molecular formula is C17H17F3N2O3. The number of carbonyl (C=O) groups excluding carboxylic acids is 1. The van der Waals surface area contributed by atoms with E-state index in [-0.39, 0.29) is 18.1 Å². The summed E-state index contributed by atoms with van der Waals surface area (Å²) >= 11 is 0. The highest BCUT2D eigenvalue weighted by Gasteiger charge is 2.32. The Morgan fingerprint density at radius 3 is 2.76 bits per heavy atom. The van der Waals surface area contributed by atoms with Gasteiger partial charge in [-0.2, -0.15) is 0 Å². The molecule has 0 radical (unpaired) electrons. The number of fused-ring (bicyclic) bond motifs is 1. The molecule has 1 amide bonds. The Kier molecular flexibility index (Phi) is 4.45. The predicted molar refractivity (Wildman–Crippen MR) is 83.5 cm³/mol. The highest BCUT2D eigenvalue weighted by atomic mass is 19.4. The molecular weight excluding hydrogens is 337 g/mol. The fourth-order valence-electron chi connectivity index (χ4n) is 3.03. The van der Waals surface area contributed by atoms with Crippen LogP contribution in [0.25, 0.3) is 0 Å². The summed E-state index contributed by atoms with van der Waals surface area (Å²) in [6.45, 7) is 4.03. The van der Waals surface area contributed by atoms with Crippen molar-refractivity contribution in [2.45, 2.75) is 39.5 Å². The average molecular weight is 354 g/mol. The predicted octanol–water partition coefficient (Wildman–Crippen LogP) is 3.71. The summed E-state index contributed by atoms with van der Waals surface area (Å²) in [5.74, 6) is 0.183. The molecule has 0 N–H and O–H groups in total. The summed E-state index contributed by atoms with van der Waals surface area (Å²) in [4.78, 5) is 14.3. The van der Waals surface area contributed by atoms with Gasteiger partial charge in [-0.15, -0.1) is 13.2 Å². The first-order chi connectivity index (χ1) is 11.7. The van der Waals surface area contributed by atoms with Gasteiger partial charge < -0.3 is 14.2 Å². The second kappa shape index (κ2) is 6.42. The number of alkyl halides is 3. The first kappa shape index (κ1) is 17.3. The Balaban J connectivity index is 1.82. The minimum atomic E-state index is -4.73. The third-order valence-corrected chi connectivity index (χ3v) is 4.21. The zero-order valence-corrected chi connectivity index (χ0v) is 13.8. The fraction of sp³-hybridized carbons (Fsp3) is 0.412. The molecule has 1 aromatic carbocycles. The molecule has 0 saturated heterocycles. The van der Waals surface area contributed by atoms with Crippen molar-refractivity contribution in [1.29, 1.82) is 0 Å². The first-order valence-electron chi connectivity index (χ1n) is 7.85. The molecule has 0 saturated carbocycles. The maximum atomic E-state index is 12.7. The van der Waals surface area contributed by atoms with Crippen LogP contribution >= 0.6 is 0 Å². The smallest absolute Gasteiger partial charge is 0.406 e. The highest BCUT2D eigenvalue weighted by molar-refractivity contribution is 5.96. The number of anilines is 1. The number of amides is 1. The number of ether oxygens (including phenoxy) is 1. The maximum Gasteiger partial charge on any atom is 0.573 e. The Morgan fingerprint density at radius 2 is 2.12 bits per heavy atom. The zero-order valence-electron chi connectivity index (χ0n) is 13.8. The van der Waals surface area contributed by atoms with Gasteiger partial charge in [-0.1, -0.05) is 5.16 Å². The van der Waals surface area contributed by atoms with Crippen LogP contribution in [-0.4, -0.2) is 24.0 Å². The van der Waals surface area contributed by atoms with Crippen molar-refractivity contribution in [2.75, 3.05) is 11.4 Å². The van der Waals surface area contributed by atoms with Crippen molar-refractivity contribution in [3.05, 3.63) is 40.8 Å². The van der Waals surface area contributed by atoms with Crippen LogP contribution in [0.4, 0.5) is 18.9 Å². The van der Waals surface area contributed by atoms with Crippen molar-refractivity contribution in [3.8, 4) is 5.75 Å². The molecule has 2 aromatic rings. The number of aromatic nitrogens is 1. The van der Waals surface area contributed by atoms with Crippen molar-refractivity contribution in [1.82, 2.24) is 5.16 Å². The third-order valence-electron chi connectivity index (χ3n) is 4.21. The Labute approximate surface area is 142 Å². The fourth-order valence-corrected chi connectivity index (χ4v) is 3.03. The van der Waals surface area contributed by atoms with E-state index in [9.17, 15) is 18.0 Å². The van der Waals surface area contributed by atoms with Gasteiger partial charge in [-0.05, 0) is 50.5 Å². The van der Waals surface area contributed by atoms with E-state index in [1.807, 2.05) is 0 Å². The summed E-state index contributed by atoms with van der Waals surface area (Å²) < 4.78 is 46.1. The van der Waals surface area contributed by atoms with Crippen LogP contribution in [0.1, 0.15) is 29.0 Å². The first-order valence-corrected chi connectivity index (χ1v) is 7.85. The Bertz CT molecular complexity index is 779. The van der Waals surface area contributed by atoms with E-state index in [0.29, 0.717) is 42.1 Å². The second-order valence-electron chi connectivity index (χ2n) is 5.97. The monoisotopic (exact) mass is 354 g/mol. The van der Waals surface area contributed by atoms with E-state index in [1.165, 1.54) is 18.2 Å².